The number of hydrogen-bond donors (Lipinski definition) is 0. The normalized spacial score (nSPS) is 10.6. The first-order valence-electron chi connectivity index (χ1n) is 5.30. The van der Waals surface area contributed by atoms with Gasteiger partial charge in [0.1, 0.15) is 0 Å². The van der Waals surface area contributed by atoms with Crippen LogP contribution in [0.3, 0.4) is 0 Å². The average molecular weight is 228 g/mol. The van der Waals surface area contributed by atoms with E-state index in [0.29, 0.717) is 5.75 Å². The standard InChI is InChI=1S/C14H12O3/c1-2-6-14(15)17-16-13-10-5-8-11-7-3-4-9-12(11)13/h2-10H,1H3. The van der Waals surface area contributed by atoms with Crippen molar-refractivity contribution >= 4 is 16.7 Å². The summed E-state index contributed by atoms with van der Waals surface area (Å²) in [4.78, 5) is 20.8. The van der Waals surface area contributed by atoms with Crippen LogP contribution in [0.4, 0.5) is 0 Å². The van der Waals surface area contributed by atoms with Crippen molar-refractivity contribution in [2.75, 3.05) is 0 Å². The second-order valence-electron chi connectivity index (χ2n) is 3.46. The summed E-state index contributed by atoms with van der Waals surface area (Å²) >= 11 is 0. The van der Waals surface area contributed by atoms with Crippen molar-refractivity contribution in [3.63, 3.8) is 0 Å². The zero-order chi connectivity index (χ0) is 12.1. The van der Waals surface area contributed by atoms with Gasteiger partial charge >= 0.3 is 5.97 Å². The van der Waals surface area contributed by atoms with Crippen molar-refractivity contribution in [1.29, 1.82) is 0 Å². The smallest absolute Gasteiger partial charge is 0.286 e. The summed E-state index contributed by atoms with van der Waals surface area (Å²) in [5.41, 5.74) is 0. The van der Waals surface area contributed by atoms with Gasteiger partial charge in [-0.25, -0.2) is 9.68 Å². The maximum Gasteiger partial charge on any atom is 0.378 e. The van der Waals surface area contributed by atoms with Gasteiger partial charge in [-0.1, -0.05) is 42.5 Å². The molecule has 2 aromatic rings. The molecular weight excluding hydrogens is 216 g/mol. The van der Waals surface area contributed by atoms with Gasteiger partial charge < -0.3 is 0 Å². The van der Waals surface area contributed by atoms with E-state index in [4.69, 9.17) is 4.89 Å². The van der Waals surface area contributed by atoms with Crippen LogP contribution in [0.15, 0.2) is 54.6 Å². The number of allylic oxidation sites excluding steroid dienone is 1. The Bertz CT molecular complexity index is 553. The van der Waals surface area contributed by atoms with Gasteiger partial charge in [0.15, 0.2) is 5.75 Å². The van der Waals surface area contributed by atoms with Crippen LogP contribution in [-0.4, -0.2) is 5.97 Å². The van der Waals surface area contributed by atoms with E-state index in [1.165, 1.54) is 6.08 Å². The van der Waals surface area contributed by atoms with Gasteiger partial charge in [-0.15, -0.1) is 0 Å². The molecule has 0 aliphatic heterocycles. The highest BCUT2D eigenvalue weighted by molar-refractivity contribution is 5.88. The second-order valence-corrected chi connectivity index (χ2v) is 3.46. The van der Waals surface area contributed by atoms with E-state index < -0.39 is 5.97 Å². The van der Waals surface area contributed by atoms with Crippen LogP contribution in [0.5, 0.6) is 5.75 Å². The van der Waals surface area contributed by atoms with Crippen molar-refractivity contribution in [1.82, 2.24) is 0 Å². The quantitative estimate of drug-likeness (QED) is 0.459. The first-order chi connectivity index (χ1) is 8.31. The number of rotatable bonds is 3. The molecule has 0 saturated carbocycles. The minimum atomic E-state index is -0.527. The molecule has 0 bridgehead atoms. The Kier molecular flexibility index (Phi) is 3.40. The molecule has 0 saturated heterocycles. The lowest BCUT2D eigenvalue weighted by Gasteiger charge is -2.05. The molecule has 2 aromatic carbocycles. The molecule has 0 amide bonds. The highest BCUT2D eigenvalue weighted by atomic mass is 17.2. The third-order valence-corrected chi connectivity index (χ3v) is 2.27. The Morgan fingerprint density at radius 1 is 1.12 bits per heavy atom. The topological polar surface area (TPSA) is 35.5 Å². The van der Waals surface area contributed by atoms with Crippen LogP contribution in [0, 0.1) is 0 Å². The molecule has 2 rings (SSSR count). The highest BCUT2D eigenvalue weighted by Crippen LogP contribution is 2.25. The molecule has 0 aliphatic rings. The average Bonchev–Trinajstić information content (AvgIpc) is 2.36. The van der Waals surface area contributed by atoms with Gasteiger partial charge in [0.25, 0.3) is 0 Å². The highest BCUT2D eigenvalue weighted by Gasteiger charge is 2.04. The number of carbonyl (C=O) groups is 1. The van der Waals surface area contributed by atoms with Crippen LogP contribution >= 0.6 is 0 Å². The molecule has 86 valence electrons. The fourth-order valence-corrected chi connectivity index (χ4v) is 1.52. The SMILES string of the molecule is CC=CC(=O)OOc1cccc2ccccc12. The fraction of sp³-hybridized carbons (Fsp3) is 0.0714. The van der Waals surface area contributed by atoms with Gasteiger partial charge in [-0.2, -0.15) is 0 Å². The number of benzene rings is 2. The van der Waals surface area contributed by atoms with Crippen molar-refractivity contribution in [2.24, 2.45) is 0 Å². The number of hydrogen-bond acceptors (Lipinski definition) is 3. The van der Waals surface area contributed by atoms with E-state index in [1.54, 1.807) is 19.1 Å². The molecule has 0 aliphatic carbocycles. The molecule has 0 fully saturated rings. The summed E-state index contributed by atoms with van der Waals surface area (Å²) in [6.07, 6.45) is 2.89. The molecule has 0 unspecified atom stereocenters. The monoisotopic (exact) mass is 228 g/mol. The van der Waals surface area contributed by atoms with Gasteiger partial charge in [0, 0.05) is 11.5 Å². The Balaban J connectivity index is 2.21. The first kappa shape index (κ1) is 11.2. The van der Waals surface area contributed by atoms with Gasteiger partial charge in [0.2, 0.25) is 0 Å². The Morgan fingerprint density at radius 3 is 2.71 bits per heavy atom. The molecule has 0 aromatic heterocycles. The van der Waals surface area contributed by atoms with Crippen LogP contribution in [0.25, 0.3) is 10.8 Å². The van der Waals surface area contributed by atoms with Crippen molar-refractivity contribution in [3.8, 4) is 5.75 Å². The van der Waals surface area contributed by atoms with Crippen LogP contribution in [-0.2, 0) is 9.68 Å². The minimum Gasteiger partial charge on any atom is -0.286 e. The maximum atomic E-state index is 11.1. The summed E-state index contributed by atoms with van der Waals surface area (Å²) in [6, 6.07) is 13.3. The Labute approximate surface area is 99.2 Å². The van der Waals surface area contributed by atoms with Crippen LogP contribution < -0.4 is 4.89 Å². The second kappa shape index (κ2) is 5.16. The third kappa shape index (κ3) is 2.64. The molecule has 0 atom stereocenters. The van der Waals surface area contributed by atoms with Crippen molar-refractivity contribution < 1.29 is 14.6 Å². The summed E-state index contributed by atoms with van der Waals surface area (Å²) in [7, 11) is 0. The molecule has 0 radical (unpaired) electrons. The van der Waals surface area contributed by atoms with E-state index in [2.05, 4.69) is 4.89 Å². The zero-order valence-electron chi connectivity index (χ0n) is 9.42. The minimum absolute atomic E-state index is 0.527. The first-order valence-corrected chi connectivity index (χ1v) is 5.30. The predicted molar refractivity (Wildman–Crippen MR) is 65.5 cm³/mol. The predicted octanol–water partition coefficient (Wildman–Crippen LogP) is 3.25. The third-order valence-electron chi connectivity index (χ3n) is 2.27. The van der Waals surface area contributed by atoms with E-state index in [9.17, 15) is 4.79 Å². The van der Waals surface area contributed by atoms with E-state index in [-0.39, 0.29) is 0 Å². The molecule has 17 heavy (non-hydrogen) atoms. The number of carbonyl (C=O) groups excluding carboxylic acids is 1. The number of fused-ring (bicyclic) bond motifs is 1. The van der Waals surface area contributed by atoms with E-state index in [0.717, 1.165) is 10.8 Å². The van der Waals surface area contributed by atoms with E-state index in [1.807, 2.05) is 36.4 Å². The van der Waals surface area contributed by atoms with Crippen molar-refractivity contribution in [3.05, 3.63) is 54.6 Å². The van der Waals surface area contributed by atoms with Crippen LogP contribution in [0.2, 0.25) is 0 Å². The lowest BCUT2D eigenvalue weighted by molar-refractivity contribution is -0.206. The molecule has 0 N–H and O–H groups in total. The largest absolute Gasteiger partial charge is 0.378 e. The summed E-state index contributed by atoms with van der Waals surface area (Å²) < 4.78 is 0. The van der Waals surface area contributed by atoms with Crippen LogP contribution in [0.1, 0.15) is 6.92 Å². The molecule has 0 heterocycles. The summed E-state index contributed by atoms with van der Waals surface area (Å²) in [6.45, 7) is 1.74. The lowest BCUT2D eigenvalue weighted by atomic mass is 10.1. The zero-order valence-corrected chi connectivity index (χ0v) is 9.42. The fourth-order valence-electron chi connectivity index (χ4n) is 1.52. The Hall–Kier alpha value is -2.29. The van der Waals surface area contributed by atoms with Gasteiger partial charge in [-0.05, 0) is 18.4 Å². The molecular formula is C14H12O3. The van der Waals surface area contributed by atoms with Crippen molar-refractivity contribution in [2.45, 2.75) is 6.92 Å². The Morgan fingerprint density at radius 2 is 1.88 bits per heavy atom. The van der Waals surface area contributed by atoms with E-state index >= 15 is 0 Å². The summed E-state index contributed by atoms with van der Waals surface area (Å²) in [5, 5.41) is 1.94. The maximum absolute atomic E-state index is 11.1. The van der Waals surface area contributed by atoms with Gasteiger partial charge in [0.05, 0.1) is 0 Å². The molecule has 0 spiro atoms. The molecule has 3 nitrogen and oxygen atoms in total. The molecule has 3 heteroatoms. The lowest BCUT2D eigenvalue weighted by Crippen LogP contribution is -2.04. The van der Waals surface area contributed by atoms with Gasteiger partial charge in [-0.3, -0.25) is 4.89 Å². The summed E-state index contributed by atoms with van der Waals surface area (Å²) in [5.74, 6) is 0.00128.